The number of hydrogen-bond donors (Lipinski definition) is 0. The van der Waals surface area contributed by atoms with E-state index in [-0.39, 0.29) is 17.6 Å². The second kappa shape index (κ2) is 5.31. The summed E-state index contributed by atoms with van der Waals surface area (Å²) in [5.74, 6) is 1.65. The third-order valence-corrected chi connectivity index (χ3v) is 4.90. The van der Waals surface area contributed by atoms with Gasteiger partial charge in [-0.2, -0.15) is 0 Å². The van der Waals surface area contributed by atoms with E-state index in [4.69, 9.17) is 4.74 Å². The summed E-state index contributed by atoms with van der Waals surface area (Å²) in [4.78, 5) is 0. The number of fused-ring (bicyclic) bond motifs is 1. The zero-order valence-electron chi connectivity index (χ0n) is 10.9. The number of sulfone groups is 1. The number of rotatable bonds is 5. The van der Waals surface area contributed by atoms with E-state index in [1.165, 1.54) is 0 Å². The first-order valence-electron chi connectivity index (χ1n) is 6.41. The average molecular weight is 268 g/mol. The fraction of sp³-hybridized carbons (Fsp3) is 0.571. The Morgan fingerprint density at radius 1 is 1.33 bits per heavy atom. The van der Waals surface area contributed by atoms with Crippen molar-refractivity contribution in [2.75, 3.05) is 11.5 Å². The predicted molar refractivity (Wildman–Crippen MR) is 72.7 cm³/mol. The molecule has 3 nitrogen and oxygen atoms in total. The van der Waals surface area contributed by atoms with E-state index in [2.05, 4.69) is 0 Å². The SMILES string of the molecule is CC(C)CCS(=O)(=O)CC1Cc2ccccc2O1. The maximum absolute atomic E-state index is 12.0. The lowest BCUT2D eigenvalue weighted by Crippen LogP contribution is -2.27. The molecule has 1 aromatic carbocycles. The number of ether oxygens (including phenoxy) is 1. The predicted octanol–water partition coefficient (Wildman–Crippen LogP) is 2.45. The molecule has 0 saturated carbocycles. The third-order valence-electron chi connectivity index (χ3n) is 3.16. The van der Waals surface area contributed by atoms with Crippen LogP contribution in [-0.4, -0.2) is 26.0 Å². The highest BCUT2D eigenvalue weighted by Gasteiger charge is 2.27. The summed E-state index contributed by atoms with van der Waals surface area (Å²) in [6.07, 6.45) is 1.22. The van der Waals surface area contributed by atoms with Gasteiger partial charge in [-0.1, -0.05) is 32.0 Å². The molecule has 18 heavy (non-hydrogen) atoms. The van der Waals surface area contributed by atoms with Crippen molar-refractivity contribution in [2.45, 2.75) is 32.8 Å². The molecule has 0 fully saturated rings. The van der Waals surface area contributed by atoms with Crippen LogP contribution in [0.4, 0.5) is 0 Å². The molecule has 1 unspecified atom stereocenters. The van der Waals surface area contributed by atoms with Gasteiger partial charge in [-0.05, 0) is 24.0 Å². The molecule has 0 aromatic heterocycles. The topological polar surface area (TPSA) is 43.4 Å². The first-order valence-corrected chi connectivity index (χ1v) is 8.23. The van der Waals surface area contributed by atoms with Crippen molar-refractivity contribution in [1.29, 1.82) is 0 Å². The van der Waals surface area contributed by atoms with Crippen LogP contribution in [0.15, 0.2) is 24.3 Å². The highest BCUT2D eigenvalue weighted by molar-refractivity contribution is 7.91. The minimum atomic E-state index is -3.00. The molecule has 4 heteroatoms. The third kappa shape index (κ3) is 3.48. The average Bonchev–Trinajstić information content (AvgIpc) is 2.67. The van der Waals surface area contributed by atoms with Crippen LogP contribution in [0.2, 0.25) is 0 Å². The van der Waals surface area contributed by atoms with Crippen LogP contribution >= 0.6 is 0 Å². The summed E-state index contributed by atoms with van der Waals surface area (Å²) in [6, 6.07) is 7.76. The van der Waals surface area contributed by atoms with Crippen molar-refractivity contribution >= 4 is 9.84 Å². The highest BCUT2D eigenvalue weighted by Crippen LogP contribution is 2.28. The Kier molecular flexibility index (Phi) is 3.95. The molecule has 0 spiro atoms. The molecule has 0 aliphatic carbocycles. The zero-order chi connectivity index (χ0) is 13.2. The molecule has 1 aliphatic rings. The van der Waals surface area contributed by atoms with Crippen molar-refractivity contribution in [2.24, 2.45) is 5.92 Å². The van der Waals surface area contributed by atoms with Gasteiger partial charge in [0.05, 0.1) is 11.5 Å². The summed E-state index contributed by atoms with van der Waals surface area (Å²) in [5.41, 5.74) is 1.11. The van der Waals surface area contributed by atoms with Gasteiger partial charge in [-0.3, -0.25) is 0 Å². The van der Waals surface area contributed by atoms with Gasteiger partial charge in [-0.15, -0.1) is 0 Å². The van der Waals surface area contributed by atoms with E-state index in [0.717, 1.165) is 17.7 Å². The lowest BCUT2D eigenvalue weighted by Gasteiger charge is -2.12. The number of benzene rings is 1. The van der Waals surface area contributed by atoms with Crippen LogP contribution in [-0.2, 0) is 16.3 Å². The van der Waals surface area contributed by atoms with E-state index < -0.39 is 9.84 Å². The lowest BCUT2D eigenvalue weighted by atomic mass is 10.1. The van der Waals surface area contributed by atoms with Crippen LogP contribution < -0.4 is 4.74 Å². The van der Waals surface area contributed by atoms with Gasteiger partial charge >= 0.3 is 0 Å². The monoisotopic (exact) mass is 268 g/mol. The van der Waals surface area contributed by atoms with Gasteiger partial charge in [-0.25, -0.2) is 8.42 Å². The largest absolute Gasteiger partial charge is 0.489 e. The summed E-state index contributed by atoms with van der Waals surface area (Å²) in [6.45, 7) is 4.08. The van der Waals surface area contributed by atoms with E-state index >= 15 is 0 Å². The van der Waals surface area contributed by atoms with Gasteiger partial charge in [0, 0.05) is 6.42 Å². The van der Waals surface area contributed by atoms with Crippen LogP contribution in [0, 0.1) is 5.92 Å². The summed E-state index contributed by atoms with van der Waals surface area (Å²) < 4.78 is 29.6. The van der Waals surface area contributed by atoms with Crippen LogP contribution in [0.5, 0.6) is 5.75 Å². The fourth-order valence-electron chi connectivity index (χ4n) is 2.13. The van der Waals surface area contributed by atoms with E-state index in [1.54, 1.807) is 0 Å². The van der Waals surface area contributed by atoms with E-state index in [0.29, 0.717) is 12.3 Å². The fourth-order valence-corrected chi connectivity index (χ4v) is 3.88. The number of para-hydroxylation sites is 1. The molecular formula is C14H20O3S. The normalized spacial score (nSPS) is 18.7. The molecule has 0 saturated heterocycles. The van der Waals surface area contributed by atoms with Crippen LogP contribution in [0.25, 0.3) is 0 Å². The summed E-state index contributed by atoms with van der Waals surface area (Å²) in [5, 5.41) is 0. The molecule has 0 bridgehead atoms. The molecule has 1 aliphatic heterocycles. The molecule has 1 heterocycles. The number of hydrogen-bond acceptors (Lipinski definition) is 3. The minimum absolute atomic E-state index is 0.133. The Morgan fingerprint density at radius 3 is 2.72 bits per heavy atom. The molecule has 2 rings (SSSR count). The minimum Gasteiger partial charge on any atom is -0.489 e. The first kappa shape index (κ1) is 13.4. The van der Waals surface area contributed by atoms with Gasteiger partial charge in [0.2, 0.25) is 0 Å². The summed E-state index contributed by atoms with van der Waals surface area (Å²) in [7, 11) is -3.00. The lowest BCUT2D eigenvalue weighted by molar-refractivity contribution is 0.256. The molecule has 1 atom stereocenters. The Bertz CT molecular complexity index is 481. The Balaban J connectivity index is 1.93. The quantitative estimate of drug-likeness (QED) is 0.824. The van der Waals surface area contributed by atoms with Crippen LogP contribution in [0.3, 0.4) is 0 Å². The standard InChI is InChI=1S/C14H20O3S/c1-11(2)7-8-18(15,16)10-13-9-12-5-3-4-6-14(12)17-13/h3-6,11,13H,7-10H2,1-2H3. The van der Waals surface area contributed by atoms with Crippen molar-refractivity contribution in [1.82, 2.24) is 0 Å². The Labute approximate surface area is 109 Å². The van der Waals surface area contributed by atoms with Gasteiger partial charge < -0.3 is 4.74 Å². The first-order chi connectivity index (χ1) is 8.46. The van der Waals surface area contributed by atoms with Gasteiger partial charge in [0.25, 0.3) is 0 Å². The molecule has 0 amide bonds. The van der Waals surface area contributed by atoms with Gasteiger partial charge in [0.1, 0.15) is 11.9 Å². The Hall–Kier alpha value is -1.03. The Morgan fingerprint density at radius 2 is 2.06 bits per heavy atom. The molecular weight excluding hydrogens is 248 g/mol. The van der Waals surface area contributed by atoms with Crippen molar-refractivity contribution in [3.63, 3.8) is 0 Å². The van der Waals surface area contributed by atoms with E-state index in [9.17, 15) is 8.42 Å². The maximum atomic E-state index is 12.0. The molecule has 1 aromatic rings. The smallest absolute Gasteiger partial charge is 0.153 e. The second-order valence-corrected chi connectivity index (χ2v) is 7.58. The maximum Gasteiger partial charge on any atom is 0.153 e. The van der Waals surface area contributed by atoms with Crippen molar-refractivity contribution < 1.29 is 13.2 Å². The van der Waals surface area contributed by atoms with E-state index in [1.807, 2.05) is 38.1 Å². The zero-order valence-corrected chi connectivity index (χ0v) is 11.7. The van der Waals surface area contributed by atoms with Crippen LogP contribution in [0.1, 0.15) is 25.8 Å². The van der Waals surface area contributed by atoms with Crippen molar-refractivity contribution in [3.05, 3.63) is 29.8 Å². The van der Waals surface area contributed by atoms with Crippen molar-refractivity contribution in [3.8, 4) is 5.75 Å². The molecule has 0 radical (unpaired) electrons. The molecule has 100 valence electrons. The summed E-state index contributed by atoms with van der Waals surface area (Å²) >= 11 is 0. The second-order valence-electron chi connectivity index (χ2n) is 5.35. The van der Waals surface area contributed by atoms with Gasteiger partial charge in [0.15, 0.2) is 9.84 Å². The molecule has 0 N–H and O–H groups in total. The highest BCUT2D eigenvalue weighted by atomic mass is 32.2.